The minimum atomic E-state index is -4.67. The van der Waals surface area contributed by atoms with Gasteiger partial charge in [0.25, 0.3) is 0 Å². The molecule has 0 bridgehead atoms. The van der Waals surface area contributed by atoms with Crippen LogP contribution in [0, 0.1) is 0 Å². The lowest BCUT2D eigenvalue weighted by atomic mass is 10.3. The molecule has 5 nitrogen and oxygen atoms in total. The Labute approximate surface area is 90.7 Å². The fourth-order valence-electron chi connectivity index (χ4n) is 1.03. The molecule has 0 amide bonds. The predicted octanol–water partition coefficient (Wildman–Crippen LogP) is 1.52. The topological polar surface area (TPSA) is 77.8 Å². The smallest absolute Gasteiger partial charge is 0.374 e. The molecule has 0 aromatic rings. The van der Waals surface area contributed by atoms with E-state index in [-0.39, 0.29) is 0 Å². The Morgan fingerprint density at radius 2 is 1.93 bits per heavy atom. The summed E-state index contributed by atoms with van der Waals surface area (Å²) < 4.78 is 31.6. The van der Waals surface area contributed by atoms with Gasteiger partial charge in [-0.3, -0.25) is 9.11 Å². The summed E-state index contributed by atoms with van der Waals surface area (Å²) in [4.78, 5) is 2.34. The molecule has 0 saturated heterocycles. The highest BCUT2D eigenvalue weighted by Crippen LogP contribution is 2.00. The lowest BCUT2D eigenvalue weighted by Crippen LogP contribution is -2.19. The summed E-state index contributed by atoms with van der Waals surface area (Å²) in [6.45, 7) is 4.53. The van der Waals surface area contributed by atoms with Crippen LogP contribution in [-0.4, -0.2) is 35.5 Å². The average Bonchev–Trinajstić information content (AvgIpc) is 2.14. The van der Waals surface area contributed by atoms with Crippen molar-refractivity contribution in [3.63, 3.8) is 0 Å². The molecule has 0 aromatic heterocycles. The Hall–Kier alpha value is -0.850. The fraction of sp³-hybridized carbons (Fsp3) is 0.556. The molecule has 0 spiro atoms. The summed E-state index contributed by atoms with van der Waals surface area (Å²) in [6.07, 6.45) is 11.1. The van der Waals surface area contributed by atoms with Crippen molar-refractivity contribution in [3.05, 3.63) is 24.4 Å². The average molecular weight is 235 g/mol. The Balaban J connectivity index is 0.000000336. The summed E-state index contributed by atoms with van der Waals surface area (Å²) in [5.41, 5.74) is 0. The van der Waals surface area contributed by atoms with Gasteiger partial charge in [0.15, 0.2) is 0 Å². The van der Waals surface area contributed by atoms with Crippen LogP contribution < -0.4 is 0 Å². The van der Waals surface area contributed by atoms with Crippen LogP contribution >= 0.6 is 0 Å². The highest BCUT2D eigenvalue weighted by Gasteiger charge is 1.96. The largest absolute Gasteiger partial charge is 0.394 e. The van der Waals surface area contributed by atoms with Gasteiger partial charge in [-0.15, -0.1) is 0 Å². The van der Waals surface area contributed by atoms with Crippen LogP contribution in [0.2, 0.25) is 0 Å². The van der Waals surface area contributed by atoms with E-state index in [4.69, 9.17) is 17.5 Å². The van der Waals surface area contributed by atoms with E-state index >= 15 is 0 Å². The maximum atomic E-state index is 8.74. The van der Waals surface area contributed by atoms with Gasteiger partial charge in [0.05, 0.1) is 0 Å². The molecule has 0 unspecified atom stereocenters. The molecule has 0 aliphatic carbocycles. The van der Waals surface area contributed by atoms with Crippen LogP contribution in [0.25, 0.3) is 0 Å². The second-order valence-corrected chi connectivity index (χ2v) is 3.96. The zero-order chi connectivity index (χ0) is 11.7. The van der Waals surface area contributed by atoms with Crippen molar-refractivity contribution in [2.24, 2.45) is 0 Å². The highest BCUT2D eigenvalue weighted by atomic mass is 32.3. The van der Waals surface area contributed by atoms with Gasteiger partial charge in [-0.2, -0.15) is 8.42 Å². The monoisotopic (exact) mass is 235 g/mol. The number of hydrogen-bond donors (Lipinski definition) is 2. The van der Waals surface area contributed by atoms with Gasteiger partial charge < -0.3 is 4.90 Å². The maximum absolute atomic E-state index is 8.74. The number of nitrogens with zero attached hydrogens (tertiary/aromatic N) is 1. The van der Waals surface area contributed by atoms with E-state index in [0.29, 0.717) is 0 Å². The highest BCUT2D eigenvalue weighted by molar-refractivity contribution is 7.79. The summed E-state index contributed by atoms with van der Waals surface area (Å²) in [5.74, 6) is 0. The number of allylic oxidation sites excluding steroid dienone is 2. The Kier molecular flexibility index (Phi) is 7.02. The molecule has 0 saturated carbocycles. The third-order valence-corrected chi connectivity index (χ3v) is 1.68. The van der Waals surface area contributed by atoms with E-state index in [9.17, 15) is 0 Å². The number of unbranched alkanes of at least 4 members (excludes halogenated alkanes) is 1. The molecule has 2 N–H and O–H groups in total. The third kappa shape index (κ3) is 13.2. The van der Waals surface area contributed by atoms with Crippen LogP contribution in [0.5, 0.6) is 0 Å². The van der Waals surface area contributed by atoms with Crippen LogP contribution in [0.1, 0.15) is 19.8 Å². The third-order valence-electron chi connectivity index (χ3n) is 1.68. The summed E-state index contributed by atoms with van der Waals surface area (Å²) >= 11 is 0. The fourth-order valence-corrected chi connectivity index (χ4v) is 1.03. The maximum Gasteiger partial charge on any atom is 0.394 e. The molecular formula is C9H17NO4S. The minimum absolute atomic E-state index is 1.09. The molecule has 1 aliphatic rings. The van der Waals surface area contributed by atoms with Gasteiger partial charge in [-0.1, -0.05) is 25.5 Å². The zero-order valence-corrected chi connectivity index (χ0v) is 9.52. The first-order valence-corrected chi connectivity index (χ1v) is 6.10. The quantitative estimate of drug-likeness (QED) is 0.725. The SMILES string of the molecule is CCCCN1C=CC=CC1.O=S(=O)(O)O. The van der Waals surface area contributed by atoms with Crippen molar-refractivity contribution >= 4 is 10.4 Å². The van der Waals surface area contributed by atoms with E-state index in [2.05, 4.69) is 36.3 Å². The number of hydrogen-bond acceptors (Lipinski definition) is 3. The Morgan fingerprint density at radius 1 is 1.33 bits per heavy atom. The van der Waals surface area contributed by atoms with Gasteiger partial charge in [0, 0.05) is 13.1 Å². The zero-order valence-electron chi connectivity index (χ0n) is 8.70. The van der Waals surface area contributed by atoms with Gasteiger partial charge in [0.2, 0.25) is 0 Å². The first-order chi connectivity index (χ1) is 6.93. The minimum Gasteiger partial charge on any atom is -0.374 e. The second-order valence-electron chi connectivity index (χ2n) is 3.07. The lowest BCUT2D eigenvalue weighted by molar-refractivity contribution is 0.381. The van der Waals surface area contributed by atoms with Crippen molar-refractivity contribution in [1.29, 1.82) is 0 Å². The van der Waals surface area contributed by atoms with Crippen molar-refractivity contribution < 1.29 is 17.5 Å². The van der Waals surface area contributed by atoms with E-state index in [1.54, 1.807) is 0 Å². The summed E-state index contributed by atoms with van der Waals surface area (Å²) in [6, 6.07) is 0. The van der Waals surface area contributed by atoms with Gasteiger partial charge in [-0.05, 0) is 18.7 Å². The first kappa shape index (κ1) is 14.2. The van der Waals surface area contributed by atoms with Crippen LogP contribution in [0.4, 0.5) is 0 Å². The van der Waals surface area contributed by atoms with Crippen LogP contribution in [0.15, 0.2) is 24.4 Å². The van der Waals surface area contributed by atoms with E-state index < -0.39 is 10.4 Å². The molecule has 88 valence electrons. The van der Waals surface area contributed by atoms with Crippen molar-refractivity contribution in [3.8, 4) is 0 Å². The predicted molar refractivity (Wildman–Crippen MR) is 58.9 cm³/mol. The van der Waals surface area contributed by atoms with Crippen LogP contribution in [-0.2, 0) is 10.4 Å². The Bertz CT molecular complexity index is 300. The molecule has 0 radical (unpaired) electrons. The second kappa shape index (κ2) is 7.44. The molecule has 6 heteroatoms. The van der Waals surface area contributed by atoms with Crippen LogP contribution in [0.3, 0.4) is 0 Å². The van der Waals surface area contributed by atoms with Crippen molar-refractivity contribution in [2.75, 3.05) is 13.1 Å². The normalized spacial score (nSPS) is 14.7. The summed E-state index contributed by atoms with van der Waals surface area (Å²) in [7, 11) is -4.67. The van der Waals surface area contributed by atoms with Crippen molar-refractivity contribution in [2.45, 2.75) is 19.8 Å². The standard InChI is InChI=1S/C9H15N.H2O4S/c1-2-3-7-10-8-5-4-6-9-10;1-5(2,3)4/h4-6,8H,2-3,7,9H2,1H3;(H2,1,2,3,4). The van der Waals surface area contributed by atoms with Gasteiger partial charge in [0.1, 0.15) is 0 Å². The molecule has 15 heavy (non-hydrogen) atoms. The van der Waals surface area contributed by atoms with E-state index in [1.165, 1.54) is 19.4 Å². The van der Waals surface area contributed by atoms with Gasteiger partial charge >= 0.3 is 10.4 Å². The van der Waals surface area contributed by atoms with E-state index in [1.807, 2.05) is 0 Å². The molecule has 0 aromatic carbocycles. The number of rotatable bonds is 3. The molecule has 0 fully saturated rings. The molecular weight excluding hydrogens is 218 g/mol. The van der Waals surface area contributed by atoms with Gasteiger partial charge in [-0.25, -0.2) is 0 Å². The van der Waals surface area contributed by atoms with Crippen molar-refractivity contribution in [1.82, 2.24) is 4.90 Å². The van der Waals surface area contributed by atoms with E-state index in [0.717, 1.165) is 6.54 Å². The molecule has 1 aliphatic heterocycles. The molecule has 1 rings (SSSR count). The molecule has 1 heterocycles. The lowest BCUT2D eigenvalue weighted by Gasteiger charge is -2.19. The Morgan fingerprint density at radius 3 is 2.33 bits per heavy atom. The summed E-state index contributed by atoms with van der Waals surface area (Å²) in [5, 5.41) is 0. The first-order valence-electron chi connectivity index (χ1n) is 4.70. The molecule has 0 atom stereocenters.